The van der Waals surface area contributed by atoms with E-state index < -0.39 is 0 Å². The van der Waals surface area contributed by atoms with Gasteiger partial charge in [-0.15, -0.1) is 0 Å². The number of rotatable bonds is 4. The molecule has 6 aromatic carbocycles. The van der Waals surface area contributed by atoms with Gasteiger partial charge in [0.05, 0.1) is 0 Å². The minimum atomic E-state index is -0.128. The Morgan fingerprint density at radius 1 is 0.435 bits per heavy atom. The van der Waals surface area contributed by atoms with Crippen LogP contribution in [0.4, 0.5) is 0 Å². The molecule has 2 heterocycles. The Hall–Kier alpha value is -5.87. The van der Waals surface area contributed by atoms with Crippen molar-refractivity contribution in [3.05, 3.63) is 151 Å². The zero-order valence-electron chi connectivity index (χ0n) is 25.5. The van der Waals surface area contributed by atoms with Gasteiger partial charge in [0.15, 0.2) is 17.5 Å². The summed E-state index contributed by atoms with van der Waals surface area (Å²) >= 11 is 0. The first-order chi connectivity index (χ1) is 22.5. The van der Waals surface area contributed by atoms with Crippen LogP contribution in [-0.2, 0) is 5.41 Å². The molecule has 4 heteroatoms. The smallest absolute Gasteiger partial charge is 0.164 e. The standard InChI is InChI=1S/C42H29N3O/c1-42(2)34-19-11-9-17-30(34)31-22-21-28(24-35(31)42)40-43-39(27-15-7-4-8-16-27)44-41(45-40)29-23-33(26-13-5-3-6-14-26)38-32-18-10-12-20-36(32)46-37(38)25-29/h3-25H,1-2H3. The molecule has 0 saturated heterocycles. The van der Waals surface area contributed by atoms with E-state index in [4.69, 9.17) is 19.4 Å². The molecule has 0 radical (unpaired) electrons. The van der Waals surface area contributed by atoms with Gasteiger partial charge in [-0.1, -0.05) is 129 Å². The van der Waals surface area contributed by atoms with E-state index >= 15 is 0 Å². The van der Waals surface area contributed by atoms with E-state index in [9.17, 15) is 0 Å². The lowest BCUT2D eigenvalue weighted by molar-refractivity contribution is 0.660. The Balaban J connectivity index is 1.28. The molecule has 0 aliphatic heterocycles. The molecule has 4 nitrogen and oxygen atoms in total. The summed E-state index contributed by atoms with van der Waals surface area (Å²) in [7, 11) is 0. The van der Waals surface area contributed by atoms with Crippen molar-refractivity contribution >= 4 is 21.9 Å². The molecule has 1 aliphatic rings. The number of fused-ring (bicyclic) bond motifs is 6. The molecule has 0 bridgehead atoms. The molecule has 8 aromatic rings. The predicted octanol–water partition coefficient (Wildman–Crippen LogP) is 10.7. The van der Waals surface area contributed by atoms with E-state index in [0.717, 1.165) is 49.8 Å². The first-order valence-corrected chi connectivity index (χ1v) is 15.6. The van der Waals surface area contributed by atoms with E-state index in [1.807, 2.05) is 48.5 Å². The van der Waals surface area contributed by atoms with E-state index in [2.05, 4.69) is 105 Å². The van der Waals surface area contributed by atoms with Crippen molar-refractivity contribution in [3.8, 4) is 56.4 Å². The molecule has 0 unspecified atom stereocenters. The molecular formula is C42H29N3O. The monoisotopic (exact) mass is 591 g/mol. The second kappa shape index (κ2) is 10.1. The summed E-state index contributed by atoms with van der Waals surface area (Å²) < 4.78 is 6.44. The molecule has 0 spiro atoms. The molecule has 0 fully saturated rings. The third-order valence-electron chi connectivity index (χ3n) is 9.33. The van der Waals surface area contributed by atoms with Crippen LogP contribution >= 0.6 is 0 Å². The highest BCUT2D eigenvalue weighted by molar-refractivity contribution is 6.13. The molecule has 1 aliphatic carbocycles. The number of furan rings is 1. The summed E-state index contributed by atoms with van der Waals surface area (Å²) in [5, 5.41) is 2.18. The molecule has 0 atom stereocenters. The van der Waals surface area contributed by atoms with Gasteiger partial charge in [-0.25, -0.2) is 15.0 Å². The molecule has 2 aromatic heterocycles. The zero-order valence-corrected chi connectivity index (χ0v) is 25.5. The van der Waals surface area contributed by atoms with Crippen LogP contribution in [0.15, 0.2) is 144 Å². The molecule has 46 heavy (non-hydrogen) atoms. The molecule has 0 saturated carbocycles. The molecule has 0 amide bonds. The lowest BCUT2D eigenvalue weighted by Gasteiger charge is -2.21. The predicted molar refractivity (Wildman–Crippen MR) is 186 cm³/mol. The summed E-state index contributed by atoms with van der Waals surface area (Å²) in [5.41, 5.74) is 11.7. The minimum absolute atomic E-state index is 0.128. The fourth-order valence-electron chi connectivity index (χ4n) is 7.02. The first-order valence-electron chi connectivity index (χ1n) is 15.6. The third kappa shape index (κ3) is 4.11. The minimum Gasteiger partial charge on any atom is -0.456 e. The van der Waals surface area contributed by atoms with E-state index in [1.54, 1.807) is 0 Å². The summed E-state index contributed by atoms with van der Waals surface area (Å²) in [6.45, 7) is 4.59. The van der Waals surface area contributed by atoms with Crippen molar-refractivity contribution in [2.75, 3.05) is 0 Å². The van der Waals surface area contributed by atoms with Crippen LogP contribution in [0, 0.1) is 0 Å². The average Bonchev–Trinajstić information content (AvgIpc) is 3.60. The Kier molecular flexibility index (Phi) is 5.81. The van der Waals surface area contributed by atoms with Crippen LogP contribution in [-0.4, -0.2) is 15.0 Å². The van der Waals surface area contributed by atoms with Crippen LogP contribution in [0.3, 0.4) is 0 Å². The average molecular weight is 592 g/mol. The number of hydrogen-bond donors (Lipinski definition) is 0. The SMILES string of the molecule is CC1(C)c2ccccc2-c2ccc(-c3nc(-c4ccccc4)nc(-c4cc(-c5ccccc5)c5c(c4)oc4ccccc45)n3)cc21. The van der Waals surface area contributed by atoms with Crippen molar-refractivity contribution in [1.29, 1.82) is 0 Å². The van der Waals surface area contributed by atoms with Crippen LogP contribution < -0.4 is 0 Å². The summed E-state index contributed by atoms with van der Waals surface area (Å²) in [6.07, 6.45) is 0. The third-order valence-corrected chi connectivity index (χ3v) is 9.33. The van der Waals surface area contributed by atoms with Crippen molar-refractivity contribution in [2.24, 2.45) is 0 Å². The van der Waals surface area contributed by atoms with E-state index in [1.165, 1.54) is 22.3 Å². The van der Waals surface area contributed by atoms with Crippen LogP contribution in [0.25, 0.3) is 78.4 Å². The second-order valence-corrected chi connectivity index (χ2v) is 12.5. The number of aromatic nitrogens is 3. The van der Waals surface area contributed by atoms with Crippen molar-refractivity contribution in [3.63, 3.8) is 0 Å². The lowest BCUT2D eigenvalue weighted by Crippen LogP contribution is -2.15. The van der Waals surface area contributed by atoms with Gasteiger partial charge in [-0.3, -0.25) is 0 Å². The maximum absolute atomic E-state index is 6.44. The number of para-hydroxylation sites is 1. The van der Waals surface area contributed by atoms with Gasteiger partial charge in [0.1, 0.15) is 11.2 Å². The van der Waals surface area contributed by atoms with Gasteiger partial charge >= 0.3 is 0 Å². The maximum Gasteiger partial charge on any atom is 0.164 e. The largest absolute Gasteiger partial charge is 0.456 e. The van der Waals surface area contributed by atoms with Gasteiger partial charge in [0.2, 0.25) is 0 Å². The Labute approximate surface area is 267 Å². The van der Waals surface area contributed by atoms with Gasteiger partial charge in [-0.2, -0.15) is 0 Å². The van der Waals surface area contributed by atoms with Gasteiger partial charge in [0, 0.05) is 32.9 Å². The summed E-state index contributed by atoms with van der Waals surface area (Å²) in [5.74, 6) is 1.88. The highest BCUT2D eigenvalue weighted by Crippen LogP contribution is 2.49. The van der Waals surface area contributed by atoms with E-state index in [0.29, 0.717) is 17.5 Å². The molecule has 0 N–H and O–H groups in total. The maximum atomic E-state index is 6.44. The topological polar surface area (TPSA) is 51.8 Å². The van der Waals surface area contributed by atoms with Crippen molar-refractivity contribution in [1.82, 2.24) is 15.0 Å². The Morgan fingerprint density at radius 3 is 1.83 bits per heavy atom. The Bertz CT molecular complexity index is 2440. The van der Waals surface area contributed by atoms with Crippen LogP contribution in [0.5, 0.6) is 0 Å². The van der Waals surface area contributed by atoms with Gasteiger partial charge < -0.3 is 4.42 Å². The number of benzene rings is 6. The van der Waals surface area contributed by atoms with Crippen LogP contribution in [0.2, 0.25) is 0 Å². The summed E-state index contributed by atoms with van der Waals surface area (Å²) in [6, 6.07) is 48.4. The fraction of sp³-hybridized carbons (Fsp3) is 0.0714. The van der Waals surface area contributed by atoms with Crippen LogP contribution in [0.1, 0.15) is 25.0 Å². The quantitative estimate of drug-likeness (QED) is 0.204. The van der Waals surface area contributed by atoms with Gasteiger partial charge in [0.25, 0.3) is 0 Å². The van der Waals surface area contributed by atoms with Crippen molar-refractivity contribution in [2.45, 2.75) is 19.3 Å². The highest BCUT2D eigenvalue weighted by atomic mass is 16.3. The fourth-order valence-corrected chi connectivity index (χ4v) is 7.02. The highest BCUT2D eigenvalue weighted by Gasteiger charge is 2.35. The second-order valence-electron chi connectivity index (χ2n) is 12.5. The number of hydrogen-bond acceptors (Lipinski definition) is 4. The molecule has 9 rings (SSSR count). The van der Waals surface area contributed by atoms with Gasteiger partial charge in [-0.05, 0) is 57.6 Å². The van der Waals surface area contributed by atoms with Crippen molar-refractivity contribution < 1.29 is 4.42 Å². The number of nitrogens with zero attached hydrogens (tertiary/aromatic N) is 3. The normalized spacial score (nSPS) is 13.2. The first kappa shape index (κ1) is 26.5. The molecular weight excluding hydrogens is 562 g/mol. The molecule has 218 valence electrons. The van der Waals surface area contributed by atoms with E-state index in [-0.39, 0.29) is 5.41 Å². The zero-order chi connectivity index (χ0) is 30.8. The summed E-state index contributed by atoms with van der Waals surface area (Å²) in [4.78, 5) is 15.3. The Morgan fingerprint density at radius 2 is 1.04 bits per heavy atom. The lowest BCUT2D eigenvalue weighted by atomic mass is 9.82.